The van der Waals surface area contributed by atoms with Gasteiger partial charge in [0.1, 0.15) is 5.82 Å². The lowest BCUT2D eigenvalue weighted by atomic mass is 10.1. The van der Waals surface area contributed by atoms with Crippen LogP contribution in [-0.2, 0) is 11.2 Å². The molecule has 2 heterocycles. The number of hydrogen-bond acceptors (Lipinski definition) is 6. The average molecular weight is 447 g/mol. The van der Waals surface area contributed by atoms with Gasteiger partial charge in [0.15, 0.2) is 16.8 Å². The van der Waals surface area contributed by atoms with Gasteiger partial charge in [0.2, 0.25) is 11.7 Å². The van der Waals surface area contributed by atoms with Gasteiger partial charge in [0.05, 0.1) is 11.1 Å². The third kappa shape index (κ3) is 5.38. The van der Waals surface area contributed by atoms with Gasteiger partial charge in [-0.3, -0.25) is 9.59 Å². The maximum Gasteiger partial charge on any atom is 0.248 e. The number of carbonyl (C=O) groups is 1. The van der Waals surface area contributed by atoms with Crippen LogP contribution in [0.15, 0.2) is 57.8 Å². The van der Waals surface area contributed by atoms with Crippen molar-refractivity contribution >= 4 is 28.6 Å². The first-order chi connectivity index (χ1) is 16.0. The molecule has 0 bridgehead atoms. The van der Waals surface area contributed by atoms with E-state index in [0.717, 1.165) is 36.6 Å². The molecule has 33 heavy (non-hydrogen) atoms. The van der Waals surface area contributed by atoms with Crippen molar-refractivity contribution in [1.82, 2.24) is 20.6 Å². The fraction of sp³-hybridized carbons (Fsp3) is 0.208. The van der Waals surface area contributed by atoms with Crippen molar-refractivity contribution in [2.24, 2.45) is 0 Å². The predicted octanol–water partition coefficient (Wildman–Crippen LogP) is 4.50. The molecule has 2 aromatic carbocycles. The van der Waals surface area contributed by atoms with Gasteiger partial charge in [0.25, 0.3) is 0 Å². The zero-order valence-corrected chi connectivity index (χ0v) is 18.0. The summed E-state index contributed by atoms with van der Waals surface area (Å²) in [5.74, 6) is -0.979. The summed E-state index contributed by atoms with van der Waals surface area (Å²) in [5, 5.41) is 15.7. The van der Waals surface area contributed by atoms with E-state index in [1.807, 2.05) is 24.3 Å². The molecule has 4 rings (SSSR count). The number of anilines is 1. The van der Waals surface area contributed by atoms with Crippen LogP contribution in [0.25, 0.3) is 28.6 Å². The van der Waals surface area contributed by atoms with Gasteiger partial charge in [-0.1, -0.05) is 44.0 Å². The van der Waals surface area contributed by atoms with E-state index in [9.17, 15) is 14.0 Å². The Morgan fingerprint density at radius 2 is 2.00 bits per heavy atom. The Morgan fingerprint density at radius 3 is 2.73 bits per heavy atom. The van der Waals surface area contributed by atoms with Crippen molar-refractivity contribution in [3.63, 3.8) is 0 Å². The fourth-order valence-corrected chi connectivity index (χ4v) is 3.42. The molecule has 0 spiro atoms. The van der Waals surface area contributed by atoms with Crippen LogP contribution in [0.3, 0.4) is 0 Å². The highest BCUT2D eigenvalue weighted by Crippen LogP contribution is 2.26. The number of benzene rings is 2. The summed E-state index contributed by atoms with van der Waals surface area (Å²) >= 11 is 0. The first kappa shape index (κ1) is 22.1. The van der Waals surface area contributed by atoms with E-state index >= 15 is 0 Å². The van der Waals surface area contributed by atoms with E-state index in [2.05, 4.69) is 32.9 Å². The molecule has 0 saturated carbocycles. The largest absolute Gasteiger partial charge is 0.450 e. The lowest BCUT2D eigenvalue weighted by molar-refractivity contribution is -0.111. The third-order valence-corrected chi connectivity index (χ3v) is 5.11. The van der Waals surface area contributed by atoms with Gasteiger partial charge in [-0.15, -0.1) is 5.10 Å². The molecule has 8 nitrogen and oxygen atoms in total. The quantitative estimate of drug-likeness (QED) is 0.304. The Balaban J connectivity index is 1.54. The second-order valence-corrected chi connectivity index (χ2v) is 7.58. The molecule has 4 aromatic rings. The minimum absolute atomic E-state index is 0.0100. The van der Waals surface area contributed by atoms with Crippen LogP contribution in [0.5, 0.6) is 0 Å². The van der Waals surface area contributed by atoms with Crippen LogP contribution < -0.4 is 10.7 Å². The molecule has 0 radical (unpaired) electrons. The van der Waals surface area contributed by atoms with Crippen molar-refractivity contribution in [2.75, 3.05) is 5.32 Å². The number of fused-ring (bicyclic) bond motifs is 1. The van der Waals surface area contributed by atoms with Crippen molar-refractivity contribution < 1.29 is 13.6 Å². The van der Waals surface area contributed by atoms with Gasteiger partial charge >= 0.3 is 0 Å². The molecule has 168 valence electrons. The van der Waals surface area contributed by atoms with Gasteiger partial charge in [-0.05, 0) is 46.5 Å². The number of aryl methyl sites for hydroxylation is 1. The summed E-state index contributed by atoms with van der Waals surface area (Å²) in [6, 6.07) is 11.3. The molecule has 0 aliphatic carbocycles. The number of amides is 1. The summed E-state index contributed by atoms with van der Waals surface area (Å²) < 4.78 is 19.8. The molecule has 0 fully saturated rings. The highest BCUT2D eigenvalue weighted by atomic mass is 19.1. The van der Waals surface area contributed by atoms with Crippen LogP contribution in [0, 0.1) is 5.82 Å². The number of tetrazole rings is 1. The Morgan fingerprint density at radius 1 is 1.18 bits per heavy atom. The number of nitrogens with zero attached hydrogens (tertiary/aromatic N) is 3. The molecule has 2 aromatic heterocycles. The molecule has 1 amide bonds. The number of unbranched alkanes of at least 4 members (excludes halogenated alkanes) is 2. The first-order valence-corrected chi connectivity index (χ1v) is 10.6. The number of H-pyrrole nitrogens is 1. The molecule has 0 aliphatic rings. The second-order valence-electron chi connectivity index (χ2n) is 7.58. The first-order valence-electron chi connectivity index (χ1n) is 10.6. The number of rotatable bonds is 8. The van der Waals surface area contributed by atoms with E-state index < -0.39 is 17.2 Å². The number of aromatic nitrogens is 4. The maximum absolute atomic E-state index is 14.1. The number of aromatic amines is 1. The number of halogens is 1. The monoisotopic (exact) mass is 447 g/mol. The zero-order valence-electron chi connectivity index (χ0n) is 18.0. The van der Waals surface area contributed by atoms with Crippen molar-refractivity contribution in [3.8, 4) is 11.6 Å². The highest BCUT2D eigenvalue weighted by molar-refractivity contribution is 6.06. The van der Waals surface area contributed by atoms with E-state index in [1.165, 1.54) is 24.5 Å². The van der Waals surface area contributed by atoms with Crippen LogP contribution in [0.2, 0.25) is 0 Å². The average Bonchev–Trinajstić information content (AvgIpc) is 3.34. The number of hydrogen-bond donors (Lipinski definition) is 2. The minimum Gasteiger partial charge on any atom is -0.450 e. The smallest absolute Gasteiger partial charge is 0.248 e. The normalized spacial score (nSPS) is 11.3. The summed E-state index contributed by atoms with van der Waals surface area (Å²) in [5.41, 5.74) is 1.67. The lowest BCUT2D eigenvalue weighted by Gasteiger charge is -2.07. The SMILES string of the molecule is CCCCCc1ccc(C=CC(=O)Nc2cc(F)cc3c(=O)cc(-c4nnn[nH]4)oc23)cc1. The molecular formula is C24H22FN5O3. The topological polar surface area (TPSA) is 114 Å². The van der Waals surface area contributed by atoms with E-state index in [4.69, 9.17) is 4.42 Å². The van der Waals surface area contributed by atoms with Gasteiger partial charge in [0, 0.05) is 18.2 Å². The Hall–Kier alpha value is -4.14. The summed E-state index contributed by atoms with van der Waals surface area (Å²) in [6.45, 7) is 2.17. The van der Waals surface area contributed by atoms with Crippen LogP contribution >= 0.6 is 0 Å². The van der Waals surface area contributed by atoms with Crippen LogP contribution in [0.4, 0.5) is 10.1 Å². The Bertz CT molecular complexity index is 1350. The maximum atomic E-state index is 14.1. The molecule has 0 atom stereocenters. The minimum atomic E-state index is -0.679. The zero-order chi connectivity index (χ0) is 23.2. The molecule has 9 heteroatoms. The third-order valence-electron chi connectivity index (χ3n) is 5.11. The fourth-order valence-electron chi connectivity index (χ4n) is 3.42. The van der Waals surface area contributed by atoms with Crippen molar-refractivity contribution in [3.05, 3.63) is 75.7 Å². The summed E-state index contributed by atoms with van der Waals surface area (Å²) in [7, 11) is 0. The number of nitrogens with one attached hydrogen (secondary N) is 2. The molecule has 0 saturated heterocycles. The standard InChI is InChI=1S/C24H22FN5O3/c1-2-3-4-5-15-6-8-16(9-7-15)10-11-22(32)26-19-13-17(25)12-18-20(31)14-21(33-23(18)19)24-27-29-30-28-24/h6-14H,2-5H2,1H3,(H,26,32)(H,27,28,29,30). The highest BCUT2D eigenvalue weighted by Gasteiger charge is 2.15. The van der Waals surface area contributed by atoms with E-state index in [1.54, 1.807) is 6.08 Å². The predicted molar refractivity (Wildman–Crippen MR) is 123 cm³/mol. The Kier molecular flexibility index (Phi) is 6.68. The molecular weight excluding hydrogens is 425 g/mol. The van der Waals surface area contributed by atoms with Crippen LogP contribution in [-0.4, -0.2) is 26.5 Å². The molecule has 2 N–H and O–H groups in total. The van der Waals surface area contributed by atoms with Gasteiger partial charge < -0.3 is 9.73 Å². The van der Waals surface area contributed by atoms with Gasteiger partial charge in [-0.2, -0.15) is 0 Å². The van der Waals surface area contributed by atoms with E-state index in [0.29, 0.717) is 0 Å². The van der Waals surface area contributed by atoms with Gasteiger partial charge in [-0.25, -0.2) is 9.49 Å². The summed E-state index contributed by atoms with van der Waals surface area (Å²) in [4.78, 5) is 25.0. The second kappa shape index (κ2) is 9.99. The summed E-state index contributed by atoms with van der Waals surface area (Å²) in [6.07, 6.45) is 7.56. The van der Waals surface area contributed by atoms with Crippen molar-refractivity contribution in [2.45, 2.75) is 32.6 Å². The van der Waals surface area contributed by atoms with Crippen LogP contribution in [0.1, 0.15) is 37.3 Å². The molecule has 0 unspecified atom stereocenters. The number of carbonyl (C=O) groups excluding carboxylic acids is 1. The van der Waals surface area contributed by atoms with Crippen molar-refractivity contribution in [1.29, 1.82) is 0 Å². The molecule has 0 aliphatic heterocycles. The lowest BCUT2D eigenvalue weighted by Crippen LogP contribution is -2.10. The Labute approximate surface area is 188 Å². The van der Waals surface area contributed by atoms with E-state index in [-0.39, 0.29) is 28.2 Å².